The molecule has 1 aromatic rings. The first kappa shape index (κ1) is 15.8. The summed E-state index contributed by atoms with van der Waals surface area (Å²) in [6, 6.07) is 8.59. The smallest absolute Gasteiger partial charge is 0.426 e. The molecule has 2 N–H and O–H groups in total. The molecule has 0 unspecified atom stereocenters. The van der Waals surface area contributed by atoms with Gasteiger partial charge in [0.2, 0.25) is 0 Å². The molecule has 0 bridgehead atoms. The minimum atomic E-state index is -0.661. The summed E-state index contributed by atoms with van der Waals surface area (Å²) >= 11 is 0. The Labute approximate surface area is 119 Å². The molecule has 0 saturated heterocycles. The van der Waals surface area contributed by atoms with Crippen molar-refractivity contribution in [3.8, 4) is 0 Å². The molecule has 0 radical (unpaired) electrons. The van der Waals surface area contributed by atoms with Crippen LogP contribution < -0.4 is 10.7 Å². The molecule has 110 valence electrons. The summed E-state index contributed by atoms with van der Waals surface area (Å²) in [6.07, 6.45) is -0.661. The Morgan fingerprint density at radius 3 is 2.30 bits per heavy atom. The average Bonchev–Trinajstić information content (AvgIpc) is 2.36. The van der Waals surface area contributed by atoms with Gasteiger partial charge in [-0.25, -0.2) is 20.0 Å². The highest BCUT2D eigenvalue weighted by atomic mass is 16.6. The van der Waals surface area contributed by atoms with Crippen molar-refractivity contribution in [2.24, 2.45) is 0 Å². The number of nitrogens with one attached hydrogen (secondary N) is 2. The number of carbonyl (C=O) groups excluding carboxylic acids is 2. The number of para-hydroxylation sites is 1. The van der Waals surface area contributed by atoms with Crippen molar-refractivity contribution in [3.05, 3.63) is 30.3 Å². The van der Waals surface area contributed by atoms with Gasteiger partial charge in [-0.05, 0) is 39.8 Å². The van der Waals surface area contributed by atoms with Gasteiger partial charge in [0.15, 0.2) is 0 Å². The van der Waals surface area contributed by atoms with Gasteiger partial charge < -0.3 is 10.1 Å². The van der Waals surface area contributed by atoms with E-state index in [-0.39, 0.29) is 6.61 Å². The maximum Gasteiger partial charge on any atom is 0.426 e. The van der Waals surface area contributed by atoms with Crippen molar-refractivity contribution in [3.63, 3.8) is 0 Å². The predicted molar refractivity (Wildman–Crippen MR) is 77.2 cm³/mol. The molecule has 0 aliphatic rings. The maximum atomic E-state index is 12.2. The van der Waals surface area contributed by atoms with Crippen LogP contribution in [0.5, 0.6) is 0 Å². The molecule has 0 atom stereocenters. The van der Waals surface area contributed by atoms with Gasteiger partial charge in [0, 0.05) is 5.69 Å². The zero-order valence-electron chi connectivity index (χ0n) is 12.3. The molecule has 0 spiro atoms. The summed E-state index contributed by atoms with van der Waals surface area (Å²) in [7, 11) is 0. The van der Waals surface area contributed by atoms with Crippen molar-refractivity contribution in [1.29, 1.82) is 0 Å². The third kappa shape index (κ3) is 4.79. The molecule has 0 heterocycles. The fourth-order valence-corrected chi connectivity index (χ4v) is 1.48. The van der Waals surface area contributed by atoms with Crippen LogP contribution in [0.3, 0.4) is 0 Å². The van der Waals surface area contributed by atoms with Crippen LogP contribution in [-0.2, 0) is 4.74 Å². The van der Waals surface area contributed by atoms with Crippen molar-refractivity contribution in [2.75, 3.05) is 11.9 Å². The highest BCUT2D eigenvalue weighted by molar-refractivity contribution is 5.90. The molecular weight excluding hydrogens is 258 g/mol. The second kappa shape index (κ2) is 6.79. The van der Waals surface area contributed by atoms with Gasteiger partial charge in [0.25, 0.3) is 0 Å². The first-order chi connectivity index (χ1) is 9.34. The number of ether oxygens (including phenoxy) is 1. The van der Waals surface area contributed by atoms with E-state index < -0.39 is 17.7 Å². The molecule has 0 saturated carbocycles. The third-order valence-electron chi connectivity index (χ3n) is 2.38. The Hall–Kier alpha value is -2.24. The first-order valence-corrected chi connectivity index (χ1v) is 6.44. The lowest BCUT2D eigenvalue weighted by Crippen LogP contribution is -2.57. The molecule has 1 aromatic carbocycles. The van der Waals surface area contributed by atoms with Crippen LogP contribution in [0, 0.1) is 0 Å². The highest BCUT2D eigenvalue weighted by Crippen LogP contribution is 2.14. The molecule has 0 aliphatic heterocycles. The van der Waals surface area contributed by atoms with E-state index in [9.17, 15) is 9.59 Å². The molecular formula is C14H21N3O3. The molecule has 0 fully saturated rings. The van der Waals surface area contributed by atoms with Crippen molar-refractivity contribution >= 4 is 17.8 Å². The normalized spacial score (nSPS) is 10.6. The summed E-state index contributed by atoms with van der Waals surface area (Å²) in [5.41, 5.74) is 2.50. The van der Waals surface area contributed by atoms with Gasteiger partial charge in [-0.3, -0.25) is 0 Å². The van der Waals surface area contributed by atoms with Gasteiger partial charge in [-0.1, -0.05) is 18.2 Å². The number of urea groups is 1. The number of rotatable bonds is 2. The van der Waals surface area contributed by atoms with E-state index in [4.69, 9.17) is 4.74 Å². The average molecular weight is 279 g/mol. The zero-order chi connectivity index (χ0) is 15.2. The number of hydrogen-bond donors (Lipinski definition) is 2. The zero-order valence-corrected chi connectivity index (χ0v) is 12.3. The summed E-state index contributed by atoms with van der Waals surface area (Å²) in [6.45, 7) is 7.37. The Bertz CT molecular complexity index is 454. The lowest BCUT2D eigenvalue weighted by atomic mass is 10.1. The topological polar surface area (TPSA) is 70.7 Å². The van der Waals surface area contributed by atoms with E-state index in [1.54, 1.807) is 19.1 Å². The van der Waals surface area contributed by atoms with Crippen LogP contribution >= 0.6 is 0 Å². The lowest BCUT2D eigenvalue weighted by molar-refractivity contribution is 0.0836. The van der Waals surface area contributed by atoms with E-state index in [0.717, 1.165) is 0 Å². The van der Waals surface area contributed by atoms with Crippen LogP contribution in [0.4, 0.5) is 15.3 Å². The number of amides is 3. The van der Waals surface area contributed by atoms with E-state index >= 15 is 0 Å². The molecule has 0 aliphatic carbocycles. The van der Waals surface area contributed by atoms with Gasteiger partial charge in [-0.15, -0.1) is 0 Å². The van der Waals surface area contributed by atoms with Crippen LogP contribution in [0.1, 0.15) is 27.7 Å². The summed E-state index contributed by atoms with van der Waals surface area (Å²) < 4.78 is 4.80. The number of nitrogens with zero attached hydrogens (tertiary/aromatic N) is 1. The van der Waals surface area contributed by atoms with E-state index in [0.29, 0.717) is 5.69 Å². The molecule has 20 heavy (non-hydrogen) atoms. The molecule has 6 nitrogen and oxygen atoms in total. The Morgan fingerprint density at radius 1 is 1.20 bits per heavy atom. The number of hydrazine groups is 1. The summed E-state index contributed by atoms with van der Waals surface area (Å²) in [5, 5.41) is 3.92. The van der Waals surface area contributed by atoms with Crippen LogP contribution in [0.2, 0.25) is 0 Å². The monoisotopic (exact) mass is 279 g/mol. The van der Waals surface area contributed by atoms with Crippen molar-refractivity contribution in [2.45, 2.75) is 33.2 Å². The fourth-order valence-electron chi connectivity index (χ4n) is 1.48. The van der Waals surface area contributed by atoms with Crippen molar-refractivity contribution in [1.82, 2.24) is 10.4 Å². The van der Waals surface area contributed by atoms with Crippen LogP contribution in [-0.4, -0.2) is 29.3 Å². The van der Waals surface area contributed by atoms with Gasteiger partial charge in [0.05, 0.1) is 12.1 Å². The highest BCUT2D eigenvalue weighted by Gasteiger charge is 2.28. The largest absolute Gasteiger partial charge is 0.449 e. The molecule has 3 amide bonds. The van der Waals surface area contributed by atoms with Crippen LogP contribution in [0.25, 0.3) is 0 Å². The molecule has 1 rings (SSSR count). The molecule has 0 aromatic heterocycles. The van der Waals surface area contributed by atoms with E-state index in [1.807, 2.05) is 39.0 Å². The Morgan fingerprint density at radius 2 is 1.80 bits per heavy atom. The Kier molecular flexibility index (Phi) is 5.37. The van der Waals surface area contributed by atoms with Crippen LogP contribution in [0.15, 0.2) is 30.3 Å². The SMILES string of the molecule is CCOC(=O)NN(C(=O)Nc1ccccc1)C(C)(C)C. The van der Waals surface area contributed by atoms with Gasteiger partial charge in [0.1, 0.15) is 0 Å². The van der Waals surface area contributed by atoms with Crippen molar-refractivity contribution < 1.29 is 14.3 Å². The first-order valence-electron chi connectivity index (χ1n) is 6.44. The number of anilines is 1. The predicted octanol–water partition coefficient (Wildman–Crippen LogP) is 2.98. The number of carbonyl (C=O) groups is 2. The minimum absolute atomic E-state index is 0.240. The second-order valence-corrected chi connectivity index (χ2v) is 5.13. The lowest BCUT2D eigenvalue weighted by Gasteiger charge is -2.34. The maximum absolute atomic E-state index is 12.2. The Balaban J connectivity index is 2.78. The molecule has 6 heteroatoms. The third-order valence-corrected chi connectivity index (χ3v) is 2.38. The van der Waals surface area contributed by atoms with E-state index in [2.05, 4.69) is 10.7 Å². The minimum Gasteiger partial charge on any atom is -0.449 e. The summed E-state index contributed by atoms with van der Waals surface area (Å²) in [5.74, 6) is 0. The summed E-state index contributed by atoms with van der Waals surface area (Å²) in [4.78, 5) is 23.7. The van der Waals surface area contributed by atoms with E-state index in [1.165, 1.54) is 5.01 Å². The van der Waals surface area contributed by atoms with Gasteiger partial charge >= 0.3 is 12.1 Å². The standard InChI is InChI=1S/C14H21N3O3/c1-5-20-13(19)16-17(14(2,3)4)12(18)15-11-9-7-6-8-10-11/h6-10H,5H2,1-4H3,(H,15,18)(H,16,19). The second-order valence-electron chi connectivity index (χ2n) is 5.13. The van der Waals surface area contributed by atoms with Gasteiger partial charge in [-0.2, -0.15) is 0 Å². The fraction of sp³-hybridized carbons (Fsp3) is 0.429. The number of hydrogen-bond acceptors (Lipinski definition) is 3. The quantitative estimate of drug-likeness (QED) is 0.818. The number of benzene rings is 1.